The molecular formula is C21H19NO6S. The fourth-order valence-corrected chi connectivity index (χ4v) is 3.89. The first-order chi connectivity index (χ1) is 14.0. The predicted octanol–water partition coefficient (Wildman–Crippen LogP) is 4.06. The van der Waals surface area contributed by atoms with Crippen LogP contribution in [-0.4, -0.2) is 28.7 Å². The Morgan fingerprint density at radius 1 is 0.862 bits per heavy atom. The van der Waals surface area contributed by atoms with Crippen molar-refractivity contribution in [1.82, 2.24) is 0 Å². The summed E-state index contributed by atoms with van der Waals surface area (Å²) in [6.45, 7) is 0.901. The van der Waals surface area contributed by atoms with Crippen molar-refractivity contribution in [2.45, 2.75) is 4.90 Å². The lowest BCUT2D eigenvalue weighted by molar-refractivity contribution is 0.171. The van der Waals surface area contributed by atoms with Gasteiger partial charge in [-0.3, -0.25) is 4.72 Å². The SMILES string of the molecule is COc1ccccc1Oc1ccc(S(=O)(=O)Nc2ccc3c(c2)OCCO3)cc1. The van der Waals surface area contributed by atoms with Crippen LogP contribution in [0, 0.1) is 0 Å². The maximum Gasteiger partial charge on any atom is 0.261 e. The van der Waals surface area contributed by atoms with Gasteiger partial charge in [0.05, 0.1) is 17.7 Å². The molecule has 1 aliphatic heterocycles. The number of sulfonamides is 1. The van der Waals surface area contributed by atoms with E-state index in [-0.39, 0.29) is 4.90 Å². The van der Waals surface area contributed by atoms with Gasteiger partial charge < -0.3 is 18.9 Å². The first-order valence-corrected chi connectivity index (χ1v) is 10.4. The van der Waals surface area contributed by atoms with Crippen LogP contribution in [0.4, 0.5) is 5.69 Å². The van der Waals surface area contributed by atoms with Crippen molar-refractivity contribution in [3.05, 3.63) is 66.7 Å². The molecule has 1 heterocycles. The van der Waals surface area contributed by atoms with E-state index in [9.17, 15) is 8.42 Å². The van der Waals surface area contributed by atoms with Crippen molar-refractivity contribution in [3.8, 4) is 28.7 Å². The predicted molar refractivity (Wildman–Crippen MR) is 108 cm³/mol. The normalized spacial score (nSPS) is 12.9. The van der Waals surface area contributed by atoms with Crippen molar-refractivity contribution in [2.24, 2.45) is 0 Å². The highest BCUT2D eigenvalue weighted by molar-refractivity contribution is 7.92. The van der Waals surface area contributed by atoms with Crippen LogP contribution in [0.15, 0.2) is 71.6 Å². The lowest BCUT2D eigenvalue weighted by Gasteiger charge is -2.19. The summed E-state index contributed by atoms with van der Waals surface area (Å²) < 4.78 is 49.9. The molecule has 0 amide bonds. The minimum atomic E-state index is -3.77. The molecule has 0 fully saturated rings. The molecule has 0 atom stereocenters. The number of ether oxygens (including phenoxy) is 4. The fourth-order valence-electron chi connectivity index (χ4n) is 2.84. The fraction of sp³-hybridized carbons (Fsp3) is 0.143. The molecule has 4 rings (SSSR count). The Morgan fingerprint density at radius 2 is 1.55 bits per heavy atom. The van der Waals surface area contributed by atoms with E-state index < -0.39 is 10.0 Å². The number of hydrogen-bond acceptors (Lipinski definition) is 6. The molecule has 0 spiro atoms. The molecule has 0 aliphatic carbocycles. The van der Waals surface area contributed by atoms with E-state index >= 15 is 0 Å². The molecule has 29 heavy (non-hydrogen) atoms. The van der Waals surface area contributed by atoms with Gasteiger partial charge in [0.25, 0.3) is 10.0 Å². The van der Waals surface area contributed by atoms with Crippen LogP contribution in [0.3, 0.4) is 0 Å². The summed E-state index contributed by atoms with van der Waals surface area (Å²) in [5.74, 6) is 2.73. The molecule has 0 unspecified atom stereocenters. The van der Waals surface area contributed by atoms with E-state index in [0.717, 1.165) is 0 Å². The van der Waals surface area contributed by atoms with Crippen LogP contribution >= 0.6 is 0 Å². The largest absolute Gasteiger partial charge is 0.493 e. The van der Waals surface area contributed by atoms with Crippen molar-refractivity contribution in [2.75, 3.05) is 25.0 Å². The number of nitrogens with one attached hydrogen (secondary N) is 1. The number of benzene rings is 3. The number of para-hydroxylation sites is 2. The van der Waals surface area contributed by atoms with Gasteiger partial charge in [0.1, 0.15) is 19.0 Å². The Morgan fingerprint density at radius 3 is 2.28 bits per heavy atom. The Labute approximate surface area is 168 Å². The highest BCUT2D eigenvalue weighted by atomic mass is 32.2. The molecule has 0 bridgehead atoms. The Bertz CT molecular complexity index is 1110. The summed E-state index contributed by atoms with van der Waals surface area (Å²) in [5, 5.41) is 0. The van der Waals surface area contributed by atoms with Gasteiger partial charge in [0, 0.05) is 6.07 Å². The zero-order valence-electron chi connectivity index (χ0n) is 15.6. The molecule has 3 aromatic rings. The lowest BCUT2D eigenvalue weighted by Crippen LogP contribution is -2.16. The third-order valence-electron chi connectivity index (χ3n) is 4.23. The molecular weight excluding hydrogens is 394 g/mol. The highest BCUT2D eigenvalue weighted by Crippen LogP contribution is 2.34. The number of fused-ring (bicyclic) bond motifs is 1. The summed E-state index contributed by atoms with van der Waals surface area (Å²) in [4.78, 5) is 0.111. The van der Waals surface area contributed by atoms with Crippen molar-refractivity contribution < 1.29 is 27.4 Å². The Balaban J connectivity index is 1.50. The zero-order valence-corrected chi connectivity index (χ0v) is 16.4. The van der Waals surface area contributed by atoms with E-state index in [2.05, 4.69) is 4.72 Å². The van der Waals surface area contributed by atoms with Crippen molar-refractivity contribution in [3.63, 3.8) is 0 Å². The first-order valence-electron chi connectivity index (χ1n) is 8.88. The van der Waals surface area contributed by atoms with Gasteiger partial charge in [-0.2, -0.15) is 0 Å². The van der Waals surface area contributed by atoms with Gasteiger partial charge in [-0.15, -0.1) is 0 Å². The van der Waals surface area contributed by atoms with Crippen LogP contribution in [0.5, 0.6) is 28.7 Å². The van der Waals surface area contributed by atoms with Crippen molar-refractivity contribution >= 4 is 15.7 Å². The average Bonchev–Trinajstić information content (AvgIpc) is 2.74. The Hall–Kier alpha value is -3.39. The molecule has 0 aromatic heterocycles. The molecule has 7 nitrogen and oxygen atoms in total. The lowest BCUT2D eigenvalue weighted by atomic mass is 10.3. The monoisotopic (exact) mass is 413 g/mol. The number of rotatable bonds is 6. The summed E-state index contributed by atoms with van der Waals surface area (Å²) in [6.07, 6.45) is 0. The summed E-state index contributed by atoms with van der Waals surface area (Å²) >= 11 is 0. The van der Waals surface area contributed by atoms with E-state index in [1.54, 1.807) is 49.6 Å². The van der Waals surface area contributed by atoms with E-state index in [1.165, 1.54) is 12.1 Å². The molecule has 0 radical (unpaired) electrons. The Kier molecular flexibility index (Phi) is 5.18. The van der Waals surface area contributed by atoms with E-state index in [4.69, 9.17) is 18.9 Å². The molecule has 3 aromatic carbocycles. The first kappa shape index (κ1) is 18.9. The van der Waals surface area contributed by atoms with Gasteiger partial charge in [0.2, 0.25) is 0 Å². The molecule has 0 saturated heterocycles. The second kappa shape index (κ2) is 7.92. The molecule has 1 aliphatic rings. The van der Waals surface area contributed by atoms with Gasteiger partial charge >= 0.3 is 0 Å². The van der Waals surface area contributed by atoms with Gasteiger partial charge in [-0.05, 0) is 48.5 Å². The molecule has 0 saturated carbocycles. The molecule has 8 heteroatoms. The van der Waals surface area contributed by atoms with Gasteiger partial charge in [0.15, 0.2) is 23.0 Å². The van der Waals surface area contributed by atoms with Crippen molar-refractivity contribution in [1.29, 1.82) is 0 Å². The maximum atomic E-state index is 12.7. The molecule has 1 N–H and O–H groups in total. The second-order valence-corrected chi connectivity index (χ2v) is 7.87. The quantitative estimate of drug-likeness (QED) is 0.656. The topological polar surface area (TPSA) is 83.1 Å². The van der Waals surface area contributed by atoms with Crippen LogP contribution in [0.2, 0.25) is 0 Å². The van der Waals surface area contributed by atoms with Crippen LogP contribution in [0.25, 0.3) is 0 Å². The van der Waals surface area contributed by atoms with Crippen LogP contribution < -0.4 is 23.7 Å². The number of anilines is 1. The smallest absolute Gasteiger partial charge is 0.261 e. The van der Waals surface area contributed by atoms with Gasteiger partial charge in [-0.25, -0.2) is 8.42 Å². The van der Waals surface area contributed by atoms with Gasteiger partial charge in [-0.1, -0.05) is 12.1 Å². The number of hydrogen-bond donors (Lipinski definition) is 1. The maximum absolute atomic E-state index is 12.7. The van der Waals surface area contributed by atoms with Crippen LogP contribution in [0.1, 0.15) is 0 Å². The standard InChI is InChI=1S/C21H19NO6S/c1-25-18-4-2-3-5-20(18)28-16-7-9-17(10-8-16)29(23,24)22-15-6-11-19-21(14-15)27-13-12-26-19/h2-11,14,22H,12-13H2,1H3. The second-order valence-electron chi connectivity index (χ2n) is 6.19. The van der Waals surface area contributed by atoms with E-state index in [0.29, 0.717) is 47.6 Å². The zero-order chi connectivity index (χ0) is 20.3. The minimum absolute atomic E-state index is 0.111. The third-order valence-corrected chi connectivity index (χ3v) is 5.62. The summed E-state index contributed by atoms with van der Waals surface area (Å²) in [7, 11) is -2.21. The third kappa shape index (κ3) is 4.22. The number of methoxy groups -OCH3 is 1. The average molecular weight is 413 g/mol. The van der Waals surface area contributed by atoms with E-state index in [1.807, 2.05) is 12.1 Å². The van der Waals surface area contributed by atoms with Crippen LogP contribution in [-0.2, 0) is 10.0 Å². The minimum Gasteiger partial charge on any atom is -0.493 e. The highest BCUT2D eigenvalue weighted by Gasteiger charge is 2.17. The molecule has 150 valence electrons. The summed E-state index contributed by atoms with van der Waals surface area (Å²) in [5.41, 5.74) is 0.392. The summed E-state index contributed by atoms with van der Waals surface area (Å²) in [6, 6.07) is 18.3.